The summed E-state index contributed by atoms with van der Waals surface area (Å²) in [5.41, 5.74) is 2.47. The van der Waals surface area contributed by atoms with Crippen molar-refractivity contribution in [2.24, 2.45) is 5.92 Å². The fourth-order valence-electron chi connectivity index (χ4n) is 4.00. The van der Waals surface area contributed by atoms with Crippen molar-refractivity contribution in [1.82, 2.24) is 0 Å². The smallest absolute Gasteiger partial charge is 0.341 e. The zero-order valence-electron chi connectivity index (χ0n) is 19.5. The molecule has 2 rings (SSSR count). The van der Waals surface area contributed by atoms with E-state index in [0.717, 1.165) is 43.3 Å². The van der Waals surface area contributed by atoms with Gasteiger partial charge in [0.1, 0.15) is 17.1 Å². The van der Waals surface area contributed by atoms with Gasteiger partial charge >= 0.3 is 5.97 Å². The van der Waals surface area contributed by atoms with Gasteiger partial charge in [-0.25, -0.2) is 4.79 Å². The fraction of sp³-hybridized carbons (Fsp3) is 0.522. The van der Waals surface area contributed by atoms with Gasteiger partial charge in [-0.15, -0.1) is 0 Å². The Morgan fingerprint density at radius 3 is 2.78 bits per heavy atom. The first-order valence-corrected chi connectivity index (χ1v) is 9.60. The molecule has 1 unspecified atom stereocenters. The Hall–Kier alpha value is -2.23. The number of phenolic OH excluding ortho intramolecular Hbond substituents is 2. The quantitative estimate of drug-likeness (QED) is 0.368. The summed E-state index contributed by atoms with van der Waals surface area (Å²) in [5.74, 6) is -1.99. The summed E-state index contributed by atoms with van der Waals surface area (Å²) in [5, 5.41) is 21.9. The summed E-state index contributed by atoms with van der Waals surface area (Å²) >= 11 is 0. The van der Waals surface area contributed by atoms with Crippen molar-refractivity contribution < 1.29 is 23.9 Å². The maximum Gasteiger partial charge on any atom is 0.341 e. The number of carbonyl (C=O) groups excluding carboxylic acids is 1. The molecule has 1 aliphatic carbocycles. The zero-order chi connectivity index (χ0) is 22.6. The largest absolute Gasteiger partial charge is 0.507 e. The van der Waals surface area contributed by atoms with E-state index in [2.05, 4.69) is 11.3 Å². The number of ether oxygens (including phenoxy) is 1. The molecule has 0 aromatic heterocycles. The van der Waals surface area contributed by atoms with Gasteiger partial charge < -0.3 is 14.9 Å². The van der Waals surface area contributed by atoms with E-state index in [9.17, 15) is 15.0 Å². The number of unbranched alkanes of at least 4 members (excludes halogenated alkanes) is 2. The zero-order valence-corrected chi connectivity index (χ0v) is 16.5. The van der Waals surface area contributed by atoms with Crippen LogP contribution in [0.25, 0.3) is 0 Å². The van der Waals surface area contributed by atoms with Crippen LogP contribution in [0.15, 0.2) is 29.9 Å². The minimum absolute atomic E-state index is 0.0112. The van der Waals surface area contributed by atoms with Gasteiger partial charge in [-0.05, 0) is 57.1 Å². The van der Waals surface area contributed by atoms with Gasteiger partial charge in [-0.3, -0.25) is 0 Å². The molecule has 0 spiro atoms. The first-order valence-electron chi connectivity index (χ1n) is 11.1. The molecule has 4 nitrogen and oxygen atoms in total. The van der Waals surface area contributed by atoms with Crippen LogP contribution >= 0.6 is 0 Å². The van der Waals surface area contributed by atoms with Crippen LogP contribution in [0.1, 0.15) is 84.4 Å². The van der Waals surface area contributed by atoms with Gasteiger partial charge in [-0.1, -0.05) is 43.6 Å². The number of carbonyl (C=O) groups is 1. The molecule has 0 amide bonds. The summed E-state index contributed by atoms with van der Waals surface area (Å²) in [6, 6.07) is 1.47. The lowest BCUT2D eigenvalue weighted by atomic mass is 9.73. The molecule has 0 heterocycles. The van der Waals surface area contributed by atoms with Gasteiger partial charge in [0.2, 0.25) is 0 Å². The summed E-state index contributed by atoms with van der Waals surface area (Å²) in [6.45, 7) is 9.98. The lowest BCUT2D eigenvalue weighted by Crippen LogP contribution is -2.18. The Labute approximate surface area is 166 Å². The van der Waals surface area contributed by atoms with E-state index >= 15 is 0 Å². The number of hydrogen-bond donors (Lipinski definition) is 2. The highest BCUT2D eigenvalue weighted by Crippen LogP contribution is 2.48. The molecule has 0 aliphatic heterocycles. The number of allylic oxidation sites excluding steroid dienone is 3. The number of phenols is 2. The molecule has 2 N–H and O–H groups in total. The Kier molecular flexibility index (Phi) is 5.71. The van der Waals surface area contributed by atoms with Crippen molar-refractivity contribution in [3.63, 3.8) is 0 Å². The van der Waals surface area contributed by atoms with Crippen molar-refractivity contribution >= 4 is 5.97 Å². The molecule has 4 heteroatoms. The topological polar surface area (TPSA) is 66.8 Å². The predicted octanol–water partition coefficient (Wildman–Crippen LogP) is 5.63. The fourth-order valence-corrected chi connectivity index (χ4v) is 4.00. The minimum atomic E-state index is -2.93. The second kappa shape index (κ2) is 9.12. The Morgan fingerprint density at radius 2 is 2.15 bits per heavy atom. The number of aryl methyl sites for hydroxylation is 1. The van der Waals surface area contributed by atoms with Crippen molar-refractivity contribution in [3.8, 4) is 11.5 Å². The predicted molar refractivity (Wildman–Crippen MR) is 108 cm³/mol. The molecular formula is C23H32O4. The highest BCUT2D eigenvalue weighted by atomic mass is 16.5. The van der Waals surface area contributed by atoms with Crippen molar-refractivity contribution in [1.29, 1.82) is 0 Å². The van der Waals surface area contributed by atoms with E-state index in [4.69, 9.17) is 4.11 Å². The number of benzene rings is 1. The van der Waals surface area contributed by atoms with E-state index in [0.29, 0.717) is 12.0 Å². The van der Waals surface area contributed by atoms with Crippen LogP contribution in [-0.2, 0) is 11.2 Å². The van der Waals surface area contributed by atoms with Gasteiger partial charge in [-0.2, -0.15) is 0 Å². The second-order valence-electron chi connectivity index (χ2n) is 7.57. The summed E-state index contributed by atoms with van der Waals surface area (Å²) < 4.78 is 26.4. The van der Waals surface area contributed by atoms with Gasteiger partial charge in [0.05, 0.1) is 11.2 Å². The SMILES string of the molecule is [2H]C([2H])([2H])OC(=O)c1c(CCCCC)cc(O)c(C2C=C(C)CC[C@H]2C(=C)C)c1O. The molecule has 1 aromatic carbocycles. The van der Waals surface area contributed by atoms with Gasteiger partial charge in [0.25, 0.3) is 0 Å². The monoisotopic (exact) mass is 375 g/mol. The van der Waals surface area contributed by atoms with Crippen LogP contribution in [0, 0.1) is 5.92 Å². The molecule has 1 aromatic rings. The molecule has 148 valence electrons. The highest BCUT2D eigenvalue weighted by Gasteiger charge is 2.33. The third-order valence-corrected chi connectivity index (χ3v) is 5.46. The minimum Gasteiger partial charge on any atom is -0.507 e. The highest BCUT2D eigenvalue weighted by molar-refractivity contribution is 5.95. The molecule has 0 bridgehead atoms. The van der Waals surface area contributed by atoms with E-state index in [1.165, 1.54) is 6.07 Å². The van der Waals surface area contributed by atoms with Crippen LogP contribution < -0.4 is 0 Å². The summed E-state index contributed by atoms with van der Waals surface area (Å²) in [7, 11) is -2.93. The van der Waals surface area contributed by atoms with Crippen LogP contribution in [0.5, 0.6) is 11.5 Å². The van der Waals surface area contributed by atoms with Crippen LogP contribution in [0.4, 0.5) is 0 Å². The standard InChI is InChI=1S/C23H32O4/c1-6-7-8-9-16-13-19(24)21(22(25)20(16)23(26)27-5)18-12-15(4)10-11-17(18)14(2)3/h12-13,17-18,24-25H,2,6-11H2,1,3-5H3/t17-,18?/m0/s1/i5D3. The van der Waals surface area contributed by atoms with Crippen LogP contribution in [-0.4, -0.2) is 23.2 Å². The molecule has 1 aliphatic rings. The van der Waals surface area contributed by atoms with Crippen molar-refractivity contribution in [2.45, 2.75) is 65.2 Å². The first kappa shape index (κ1) is 16.9. The Balaban J connectivity index is 2.64. The molecule has 2 atom stereocenters. The third-order valence-electron chi connectivity index (χ3n) is 5.46. The number of methoxy groups -OCH3 is 1. The third kappa shape index (κ3) is 4.55. The van der Waals surface area contributed by atoms with Crippen molar-refractivity contribution in [3.05, 3.63) is 46.6 Å². The lowest BCUT2D eigenvalue weighted by Gasteiger charge is -2.32. The Bertz CT molecular complexity index is 840. The van der Waals surface area contributed by atoms with Crippen LogP contribution in [0.3, 0.4) is 0 Å². The first-order chi connectivity index (χ1) is 14.0. The molecular weight excluding hydrogens is 340 g/mol. The lowest BCUT2D eigenvalue weighted by molar-refractivity contribution is 0.0595. The number of hydrogen-bond acceptors (Lipinski definition) is 4. The second-order valence-corrected chi connectivity index (χ2v) is 7.57. The number of esters is 1. The normalized spacial score (nSPS) is 21.6. The van der Waals surface area contributed by atoms with E-state index in [1.54, 1.807) is 0 Å². The van der Waals surface area contributed by atoms with Gasteiger partial charge in [0, 0.05) is 11.5 Å². The maximum absolute atomic E-state index is 12.7. The molecule has 0 fully saturated rings. The average molecular weight is 376 g/mol. The summed E-state index contributed by atoms with van der Waals surface area (Å²) in [6.07, 6.45) is 6.70. The maximum atomic E-state index is 12.7. The molecule has 0 radical (unpaired) electrons. The van der Waals surface area contributed by atoms with E-state index in [-0.39, 0.29) is 28.7 Å². The van der Waals surface area contributed by atoms with Crippen molar-refractivity contribution in [2.75, 3.05) is 7.04 Å². The van der Waals surface area contributed by atoms with Crippen LogP contribution in [0.2, 0.25) is 0 Å². The number of aromatic hydroxyl groups is 2. The van der Waals surface area contributed by atoms with E-state index in [1.807, 2.05) is 26.8 Å². The molecule has 0 saturated heterocycles. The Morgan fingerprint density at radius 1 is 1.41 bits per heavy atom. The van der Waals surface area contributed by atoms with Gasteiger partial charge in [0.15, 0.2) is 0 Å². The molecule has 27 heavy (non-hydrogen) atoms. The van der Waals surface area contributed by atoms with E-state index < -0.39 is 18.8 Å². The molecule has 0 saturated carbocycles. The average Bonchev–Trinajstić information content (AvgIpc) is 2.59. The summed E-state index contributed by atoms with van der Waals surface area (Å²) in [4.78, 5) is 12.7. The number of rotatable bonds is 7.